The van der Waals surface area contributed by atoms with E-state index in [0.29, 0.717) is 13.0 Å². The van der Waals surface area contributed by atoms with Crippen molar-refractivity contribution in [2.45, 2.75) is 20.3 Å². The zero-order valence-electron chi connectivity index (χ0n) is 9.99. The Labute approximate surface area is 96.1 Å². The normalized spacial score (nSPS) is 9.62. The molecule has 0 unspecified atom stereocenters. The Balaban J connectivity index is 2.87. The highest BCUT2D eigenvalue weighted by atomic mass is 15.2. The summed E-state index contributed by atoms with van der Waals surface area (Å²) in [7, 11) is 1.93. The predicted molar refractivity (Wildman–Crippen MR) is 64.4 cm³/mol. The van der Waals surface area contributed by atoms with Gasteiger partial charge in [-0.3, -0.25) is 0 Å². The molecule has 0 amide bonds. The van der Waals surface area contributed by atoms with Crippen LogP contribution in [0.1, 0.15) is 18.9 Å². The molecule has 1 N–H and O–H groups in total. The summed E-state index contributed by atoms with van der Waals surface area (Å²) in [5, 5.41) is 11.7. The van der Waals surface area contributed by atoms with Gasteiger partial charge < -0.3 is 10.2 Å². The molecular formula is C11H17N5. The summed E-state index contributed by atoms with van der Waals surface area (Å²) in [5.41, 5.74) is 1.02. The number of aromatic nitrogens is 2. The van der Waals surface area contributed by atoms with E-state index in [4.69, 9.17) is 5.26 Å². The van der Waals surface area contributed by atoms with Gasteiger partial charge in [-0.05, 0) is 13.8 Å². The minimum Gasteiger partial charge on any atom is -0.370 e. The quantitative estimate of drug-likeness (QED) is 0.814. The number of nitrogens with one attached hydrogen (secondary N) is 1. The molecule has 0 saturated heterocycles. The molecule has 0 saturated carbocycles. The van der Waals surface area contributed by atoms with Crippen LogP contribution in [0.4, 0.5) is 11.6 Å². The van der Waals surface area contributed by atoms with E-state index in [1.165, 1.54) is 0 Å². The maximum Gasteiger partial charge on any atom is 0.136 e. The van der Waals surface area contributed by atoms with Crippen LogP contribution in [-0.4, -0.2) is 30.1 Å². The fourth-order valence-corrected chi connectivity index (χ4v) is 1.49. The average molecular weight is 219 g/mol. The van der Waals surface area contributed by atoms with Crippen molar-refractivity contribution in [2.75, 3.05) is 30.4 Å². The maximum atomic E-state index is 8.55. The van der Waals surface area contributed by atoms with Crippen LogP contribution >= 0.6 is 0 Å². The molecule has 0 aliphatic heterocycles. The van der Waals surface area contributed by atoms with Gasteiger partial charge in [0.1, 0.15) is 18.0 Å². The van der Waals surface area contributed by atoms with Gasteiger partial charge in [0.15, 0.2) is 0 Å². The smallest absolute Gasteiger partial charge is 0.136 e. The Kier molecular flexibility index (Phi) is 4.52. The fraction of sp³-hybridized carbons (Fsp3) is 0.545. The molecule has 5 nitrogen and oxygen atoms in total. The van der Waals surface area contributed by atoms with Crippen molar-refractivity contribution in [2.24, 2.45) is 0 Å². The van der Waals surface area contributed by atoms with E-state index in [9.17, 15) is 0 Å². The van der Waals surface area contributed by atoms with Gasteiger partial charge in [0.05, 0.1) is 12.5 Å². The summed E-state index contributed by atoms with van der Waals surface area (Å²) in [6, 6.07) is 2.13. The molecule has 0 spiro atoms. The van der Waals surface area contributed by atoms with Crippen LogP contribution in [0, 0.1) is 18.3 Å². The Bertz CT molecular complexity index is 382. The number of rotatable bonds is 5. The van der Waals surface area contributed by atoms with Crippen LogP contribution in [0.25, 0.3) is 0 Å². The van der Waals surface area contributed by atoms with Gasteiger partial charge in [-0.25, -0.2) is 9.97 Å². The molecule has 1 rings (SSSR count). The van der Waals surface area contributed by atoms with Crippen molar-refractivity contribution in [1.29, 1.82) is 5.26 Å². The van der Waals surface area contributed by atoms with Gasteiger partial charge in [-0.2, -0.15) is 5.26 Å². The third kappa shape index (κ3) is 2.83. The van der Waals surface area contributed by atoms with Gasteiger partial charge >= 0.3 is 0 Å². The Morgan fingerprint density at radius 3 is 2.88 bits per heavy atom. The molecule has 1 heterocycles. The highest BCUT2D eigenvalue weighted by molar-refractivity contribution is 5.57. The van der Waals surface area contributed by atoms with Gasteiger partial charge in [0.2, 0.25) is 0 Å². The average Bonchev–Trinajstić information content (AvgIpc) is 2.29. The Hall–Kier alpha value is -1.83. The molecule has 0 aliphatic rings. The molecule has 0 radical (unpaired) electrons. The highest BCUT2D eigenvalue weighted by Crippen LogP contribution is 2.20. The van der Waals surface area contributed by atoms with Crippen LogP contribution in [0.5, 0.6) is 0 Å². The molecule has 0 aliphatic carbocycles. The zero-order valence-corrected chi connectivity index (χ0v) is 9.99. The van der Waals surface area contributed by atoms with Gasteiger partial charge in [-0.1, -0.05) is 0 Å². The second-order valence-electron chi connectivity index (χ2n) is 3.53. The number of anilines is 2. The van der Waals surface area contributed by atoms with Crippen molar-refractivity contribution in [1.82, 2.24) is 9.97 Å². The molecule has 1 aromatic rings. The van der Waals surface area contributed by atoms with E-state index in [1.54, 1.807) is 6.33 Å². The largest absolute Gasteiger partial charge is 0.370 e. The van der Waals surface area contributed by atoms with E-state index in [-0.39, 0.29) is 0 Å². The van der Waals surface area contributed by atoms with Crippen LogP contribution < -0.4 is 10.2 Å². The van der Waals surface area contributed by atoms with Crippen molar-refractivity contribution in [3.8, 4) is 6.07 Å². The molecule has 1 aromatic heterocycles. The number of nitriles is 1. The topological polar surface area (TPSA) is 64.8 Å². The summed E-state index contributed by atoms with van der Waals surface area (Å²) in [4.78, 5) is 10.4. The second kappa shape index (κ2) is 5.91. The van der Waals surface area contributed by atoms with Crippen LogP contribution in [-0.2, 0) is 0 Å². The Morgan fingerprint density at radius 1 is 1.50 bits per heavy atom. The third-order valence-electron chi connectivity index (χ3n) is 2.32. The molecule has 0 aromatic carbocycles. The summed E-state index contributed by atoms with van der Waals surface area (Å²) < 4.78 is 0. The molecule has 0 atom stereocenters. The Morgan fingerprint density at radius 2 is 2.25 bits per heavy atom. The van der Waals surface area contributed by atoms with Crippen molar-refractivity contribution < 1.29 is 0 Å². The van der Waals surface area contributed by atoms with Crippen LogP contribution in [0.15, 0.2) is 6.33 Å². The van der Waals surface area contributed by atoms with E-state index in [1.807, 2.05) is 25.8 Å². The van der Waals surface area contributed by atoms with Crippen LogP contribution in [0.3, 0.4) is 0 Å². The van der Waals surface area contributed by atoms with E-state index in [0.717, 1.165) is 23.7 Å². The summed E-state index contributed by atoms with van der Waals surface area (Å²) in [6.07, 6.45) is 2.04. The lowest BCUT2D eigenvalue weighted by Gasteiger charge is -2.19. The number of nitrogens with zero attached hydrogens (tertiary/aromatic N) is 4. The maximum absolute atomic E-state index is 8.55. The predicted octanol–water partition coefficient (Wildman–Crippen LogP) is 1.57. The summed E-state index contributed by atoms with van der Waals surface area (Å²) in [6.45, 7) is 5.52. The first-order valence-corrected chi connectivity index (χ1v) is 5.34. The molecule has 16 heavy (non-hydrogen) atoms. The first-order valence-electron chi connectivity index (χ1n) is 5.34. The van der Waals surface area contributed by atoms with E-state index in [2.05, 4.69) is 21.4 Å². The fourth-order valence-electron chi connectivity index (χ4n) is 1.49. The van der Waals surface area contributed by atoms with E-state index < -0.39 is 0 Å². The van der Waals surface area contributed by atoms with Gasteiger partial charge in [-0.15, -0.1) is 0 Å². The lowest BCUT2D eigenvalue weighted by atomic mass is 10.3. The minimum absolute atomic E-state index is 0.497. The first kappa shape index (κ1) is 12.2. The zero-order chi connectivity index (χ0) is 12.0. The lowest BCUT2D eigenvalue weighted by molar-refractivity contribution is 0.872. The molecule has 86 valence electrons. The second-order valence-corrected chi connectivity index (χ2v) is 3.53. The third-order valence-corrected chi connectivity index (χ3v) is 2.32. The van der Waals surface area contributed by atoms with Gasteiger partial charge in [0.25, 0.3) is 0 Å². The molecule has 0 bridgehead atoms. The highest BCUT2D eigenvalue weighted by Gasteiger charge is 2.09. The SMILES string of the molecule is CCNc1ncnc(N(C)CCC#N)c1C. The monoisotopic (exact) mass is 219 g/mol. The number of hydrogen-bond donors (Lipinski definition) is 1. The van der Waals surface area contributed by atoms with Gasteiger partial charge in [0, 0.05) is 25.7 Å². The standard InChI is InChI=1S/C11H17N5/c1-4-13-10-9(2)11(15-8-14-10)16(3)7-5-6-12/h8H,4-5,7H2,1-3H3,(H,13,14,15). The molecule has 5 heteroatoms. The number of hydrogen-bond acceptors (Lipinski definition) is 5. The first-order chi connectivity index (χ1) is 7.70. The minimum atomic E-state index is 0.497. The molecule has 0 fully saturated rings. The van der Waals surface area contributed by atoms with Crippen molar-refractivity contribution >= 4 is 11.6 Å². The van der Waals surface area contributed by atoms with E-state index >= 15 is 0 Å². The van der Waals surface area contributed by atoms with Crippen molar-refractivity contribution in [3.63, 3.8) is 0 Å². The lowest BCUT2D eigenvalue weighted by Crippen LogP contribution is -2.21. The summed E-state index contributed by atoms with van der Waals surface area (Å²) in [5.74, 6) is 1.73. The summed E-state index contributed by atoms with van der Waals surface area (Å²) >= 11 is 0. The van der Waals surface area contributed by atoms with Crippen molar-refractivity contribution in [3.05, 3.63) is 11.9 Å². The van der Waals surface area contributed by atoms with Crippen LogP contribution in [0.2, 0.25) is 0 Å². The molecular weight excluding hydrogens is 202 g/mol.